The molecule has 0 aliphatic carbocycles. The number of hydrogen-bond donors (Lipinski definition) is 1. The first-order valence-corrected chi connectivity index (χ1v) is 11.0. The number of methoxy groups -OCH3 is 1. The van der Waals surface area contributed by atoms with Crippen molar-refractivity contribution in [2.45, 2.75) is 65.0 Å². The highest BCUT2D eigenvalue weighted by atomic mass is 16.5. The molecule has 0 unspecified atom stereocenters. The molecule has 2 N–H and O–H groups in total. The summed E-state index contributed by atoms with van der Waals surface area (Å²) in [6.45, 7) is 6.12. The molecule has 1 amide bonds. The lowest BCUT2D eigenvalue weighted by molar-refractivity contribution is -0.133. The van der Waals surface area contributed by atoms with Crippen LogP contribution in [0.2, 0.25) is 0 Å². The van der Waals surface area contributed by atoms with Crippen LogP contribution in [0.5, 0.6) is 0 Å². The summed E-state index contributed by atoms with van der Waals surface area (Å²) < 4.78 is 6.88. The van der Waals surface area contributed by atoms with Gasteiger partial charge in [-0.1, -0.05) is 31.9 Å². The molecule has 2 rings (SSSR count). The third-order valence-corrected chi connectivity index (χ3v) is 5.39. The minimum atomic E-state index is -0.298. The zero-order valence-corrected chi connectivity index (χ0v) is 18.6. The highest BCUT2D eigenvalue weighted by Gasteiger charge is 2.25. The molecule has 0 bridgehead atoms. The standard InChI is InChI=1S/C23H36N4O3/c1-4-11-21(28)26(15-10-6-5-9-14-24)18(2)22-25-20-13-8-7-12-19(20)23(29)27(22)16-17-30-3/h7-8,12-13,18H,4-6,9-11,14-17,24H2,1-3H3/t18-/m1/s1. The van der Waals surface area contributed by atoms with Gasteiger partial charge in [-0.3, -0.25) is 14.2 Å². The number of carbonyl (C=O) groups excluding carboxylic acids is 1. The highest BCUT2D eigenvalue weighted by molar-refractivity contribution is 5.78. The van der Waals surface area contributed by atoms with Crippen molar-refractivity contribution < 1.29 is 9.53 Å². The zero-order chi connectivity index (χ0) is 21.9. The van der Waals surface area contributed by atoms with E-state index in [1.54, 1.807) is 17.7 Å². The molecular weight excluding hydrogens is 380 g/mol. The first kappa shape index (κ1) is 24.0. The van der Waals surface area contributed by atoms with Gasteiger partial charge in [0.05, 0.1) is 30.1 Å². The number of amides is 1. The molecule has 1 aromatic heterocycles. The van der Waals surface area contributed by atoms with E-state index in [4.69, 9.17) is 15.5 Å². The SMILES string of the molecule is CCCC(=O)N(CCCCCCN)[C@H](C)c1nc2ccccc2c(=O)n1CCOC. The van der Waals surface area contributed by atoms with E-state index in [9.17, 15) is 9.59 Å². The molecule has 7 nitrogen and oxygen atoms in total. The fraction of sp³-hybridized carbons (Fsp3) is 0.609. The molecule has 30 heavy (non-hydrogen) atoms. The molecule has 1 heterocycles. The van der Waals surface area contributed by atoms with Gasteiger partial charge in [-0.25, -0.2) is 4.98 Å². The van der Waals surface area contributed by atoms with Crippen molar-refractivity contribution in [3.05, 3.63) is 40.4 Å². The van der Waals surface area contributed by atoms with Crippen LogP contribution in [-0.4, -0.2) is 47.2 Å². The number of nitrogens with zero attached hydrogens (tertiary/aromatic N) is 3. The lowest BCUT2D eigenvalue weighted by Crippen LogP contribution is -2.38. The van der Waals surface area contributed by atoms with Crippen molar-refractivity contribution in [2.24, 2.45) is 5.73 Å². The summed E-state index contributed by atoms with van der Waals surface area (Å²) in [6.07, 6.45) is 5.28. The molecule has 166 valence electrons. The molecule has 2 aromatic rings. The zero-order valence-electron chi connectivity index (χ0n) is 18.6. The van der Waals surface area contributed by atoms with Gasteiger partial charge in [0.1, 0.15) is 5.82 Å². The number of fused-ring (bicyclic) bond motifs is 1. The van der Waals surface area contributed by atoms with E-state index in [1.165, 1.54) is 0 Å². The van der Waals surface area contributed by atoms with E-state index in [0.717, 1.165) is 32.1 Å². The number of carbonyl (C=O) groups is 1. The molecular formula is C23H36N4O3. The van der Waals surface area contributed by atoms with Crippen LogP contribution in [-0.2, 0) is 16.1 Å². The van der Waals surface area contributed by atoms with Crippen LogP contribution in [0, 0.1) is 0 Å². The third kappa shape index (κ3) is 6.12. The average molecular weight is 417 g/mol. The summed E-state index contributed by atoms with van der Waals surface area (Å²) in [5, 5.41) is 0.581. The summed E-state index contributed by atoms with van der Waals surface area (Å²) >= 11 is 0. The molecule has 0 radical (unpaired) electrons. The highest BCUT2D eigenvalue weighted by Crippen LogP contribution is 2.22. The quantitative estimate of drug-likeness (QED) is 0.506. The van der Waals surface area contributed by atoms with Gasteiger partial charge < -0.3 is 15.4 Å². The Kier molecular flexibility index (Phi) is 9.97. The van der Waals surface area contributed by atoms with Crippen LogP contribution in [0.4, 0.5) is 0 Å². The van der Waals surface area contributed by atoms with Gasteiger partial charge in [0.15, 0.2) is 0 Å². The van der Waals surface area contributed by atoms with Gasteiger partial charge in [-0.2, -0.15) is 0 Å². The maximum absolute atomic E-state index is 13.2. The number of unbranched alkanes of at least 4 members (excludes halogenated alkanes) is 3. The van der Waals surface area contributed by atoms with Gasteiger partial charge in [0.25, 0.3) is 5.56 Å². The van der Waals surface area contributed by atoms with Crippen LogP contribution in [0.25, 0.3) is 10.9 Å². The number of rotatable bonds is 13. The Bertz CT molecular complexity index is 865. The molecule has 0 fully saturated rings. The minimum absolute atomic E-state index is 0.0923. The average Bonchev–Trinajstić information content (AvgIpc) is 2.75. The van der Waals surface area contributed by atoms with E-state index in [2.05, 4.69) is 0 Å². The van der Waals surface area contributed by atoms with E-state index >= 15 is 0 Å². The molecule has 1 atom stereocenters. The Morgan fingerprint density at radius 3 is 2.67 bits per heavy atom. The summed E-state index contributed by atoms with van der Waals surface area (Å²) in [5.41, 5.74) is 6.15. The second kappa shape index (κ2) is 12.4. The maximum atomic E-state index is 13.2. The Morgan fingerprint density at radius 1 is 1.23 bits per heavy atom. The third-order valence-electron chi connectivity index (χ3n) is 5.39. The molecule has 0 saturated heterocycles. The lowest BCUT2D eigenvalue weighted by atomic mass is 10.1. The van der Waals surface area contributed by atoms with Crippen LogP contribution in [0.3, 0.4) is 0 Å². The van der Waals surface area contributed by atoms with E-state index < -0.39 is 0 Å². The topological polar surface area (TPSA) is 90.5 Å². The van der Waals surface area contributed by atoms with E-state index in [0.29, 0.717) is 49.4 Å². The Labute approximate surface area is 179 Å². The number of ether oxygens (including phenoxy) is 1. The lowest BCUT2D eigenvalue weighted by Gasteiger charge is -2.30. The number of para-hydroxylation sites is 1. The monoisotopic (exact) mass is 416 g/mol. The predicted octanol–water partition coefficient (Wildman–Crippen LogP) is 3.25. The van der Waals surface area contributed by atoms with Gasteiger partial charge >= 0.3 is 0 Å². The molecule has 0 saturated carbocycles. The van der Waals surface area contributed by atoms with Crippen molar-refractivity contribution in [1.82, 2.24) is 14.5 Å². The second-order valence-corrected chi connectivity index (χ2v) is 7.65. The molecule has 0 aliphatic rings. The van der Waals surface area contributed by atoms with E-state index in [1.807, 2.05) is 36.9 Å². The van der Waals surface area contributed by atoms with Crippen molar-refractivity contribution in [1.29, 1.82) is 0 Å². The Hall–Kier alpha value is -2.25. The Morgan fingerprint density at radius 2 is 1.97 bits per heavy atom. The van der Waals surface area contributed by atoms with Gasteiger partial charge in [0.2, 0.25) is 5.91 Å². The molecule has 7 heteroatoms. The smallest absolute Gasteiger partial charge is 0.261 e. The van der Waals surface area contributed by atoms with Gasteiger partial charge in [0, 0.05) is 20.1 Å². The number of hydrogen-bond acceptors (Lipinski definition) is 5. The maximum Gasteiger partial charge on any atom is 0.261 e. The number of benzene rings is 1. The van der Waals surface area contributed by atoms with Crippen molar-refractivity contribution in [3.63, 3.8) is 0 Å². The first-order chi connectivity index (χ1) is 14.5. The number of nitrogens with two attached hydrogens (primary N) is 1. The van der Waals surface area contributed by atoms with E-state index in [-0.39, 0.29) is 17.5 Å². The molecule has 0 aliphatic heterocycles. The van der Waals surface area contributed by atoms with Crippen LogP contribution < -0.4 is 11.3 Å². The van der Waals surface area contributed by atoms with Crippen molar-refractivity contribution in [2.75, 3.05) is 26.8 Å². The summed E-state index contributed by atoms with van der Waals surface area (Å²) in [6, 6.07) is 7.06. The van der Waals surface area contributed by atoms with Gasteiger partial charge in [-0.15, -0.1) is 0 Å². The predicted molar refractivity (Wildman–Crippen MR) is 120 cm³/mol. The van der Waals surface area contributed by atoms with Crippen molar-refractivity contribution >= 4 is 16.8 Å². The number of aromatic nitrogens is 2. The van der Waals surface area contributed by atoms with Crippen molar-refractivity contribution in [3.8, 4) is 0 Å². The second-order valence-electron chi connectivity index (χ2n) is 7.65. The Balaban J connectivity index is 2.39. The van der Waals surface area contributed by atoms with Gasteiger partial charge in [-0.05, 0) is 44.9 Å². The summed E-state index contributed by atoms with van der Waals surface area (Å²) in [5.74, 6) is 0.715. The van der Waals surface area contributed by atoms with Crippen LogP contribution in [0.15, 0.2) is 29.1 Å². The summed E-state index contributed by atoms with van der Waals surface area (Å²) in [7, 11) is 1.61. The molecule has 1 aromatic carbocycles. The first-order valence-electron chi connectivity index (χ1n) is 11.0. The molecule has 0 spiro atoms. The fourth-order valence-electron chi connectivity index (χ4n) is 3.71. The van der Waals surface area contributed by atoms with Crippen LogP contribution in [0.1, 0.15) is 64.2 Å². The largest absolute Gasteiger partial charge is 0.383 e. The summed E-state index contributed by atoms with van der Waals surface area (Å²) in [4.78, 5) is 32.8. The minimum Gasteiger partial charge on any atom is -0.383 e. The van der Waals surface area contributed by atoms with Crippen LogP contribution >= 0.6 is 0 Å². The normalized spacial score (nSPS) is 12.3. The fourth-order valence-corrected chi connectivity index (χ4v) is 3.71.